The van der Waals surface area contributed by atoms with E-state index in [0.717, 1.165) is 16.0 Å². The lowest BCUT2D eigenvalue weighted by Crippen LogP contribution is -2.43. The fourth-order valence-corrected chi connectivity index (χ4v) is 3.43. The van der Waals surface area contributed by atoms with Crippen LogP contribution < -0.4 is 5.43 Å². The van der Waals surface area contributed by atoms with E-state index in [4.69, 9.17) is 0 Å². The van der Waals surface area contributed by atoms with Gasteiger partial charge in [-0.2, -0.15) is 13.2 Å². The van der Waals surface area contributed by atoms with Gasteiger partial charge < -0.3 is 0 Å². The predicted octanol–water partition coefficient (Wildman–Crippen LogP) is 4.48. The lowest BCUT2D eigenvalue weighted by Gasteiger charge is -2.32. The van der Waals surface area contributed by atoms with Crippen molar-refractivity contribution in [2.45, 2.75) is 44.8 Å². The molecule has 1 saturated heterocycles. The van der Waals surface area contributed by atoms with E-state index in [9.17, 15) is 18.0 Å². The molecule has 1 atom stereocenters. The van der Waals surface area contributed by atoms with Crippen LogP contribution in [0.2, 0.25) is 0 Å². The van der Waals surface area contributed by atoms with Crippen molar-refractivity contribution in [1.29, 1.82) is 0 Å². The second kappa shape index (κ2) is 6.02. The van der Waals surface area contributed by atoms with Crippen LogP contribution in [0.15, 0.2) is 36.4 Å². The number of halogens is 3. The van der Waals surface area contributed by atoms with Gasteiger partial charge in [-0.1, -0.05) is 57.2 Å². The van der Waals surface area contributed by atoms with E-state index >= 15 is 0 Å². The highest BCUT2D eigenvalue weighted by atomic mass is 19.4. The summed E-state index contributed by atoms with van der Waals surface area (Å²) in [4.78, 5) is 11.5. The van der Waals surface area contributed by atoms with Crippen LogP contribution in [0.4, 0.5) is 13.2 Å². The molecule has 3 nitrogen and oxygen atoms in total. The zero-order chi connectivity index (χ0) is 18.4. The Balaban J connectivity index is 2.26. The third kappa shape index (κ3) is 3.35. The van der Waals surface area contributed by atoms with Gasteiger partial charge in [-0.3, -0.25) is 10.2 Å². The van der Waals surface area contributed by atoms with Crippen molar-refractivity contribution < 1.29 is 18.0 Å². The topological polar surface area (TPSA) is 32.3 Å². The minimum Gasteiger partial charge on any atom is -0.288 e. The van der Waals surface area contributed by atoms with Crippen LogP contribution in [0.3, 0.4) is 0 Å². The van der Waals surface area contributed by atoms with Crippen molar-refractivity contribution in [3.8, 4) is 0 Å². The summed E-state index contributed by atoms with van der Waals surface area (Å²) in [5, 5.41) is 2.39. The first-order valence-corrected chi connectivity index (χ1v) is 8.24. The zero-order valence-corrected chi connectivity index (χ0v) is 14.4. The number of hydrazine groups is 1. The highest BCUT2D eigenvalue weighted by Crippen LogP contribution is 2.43. The Hall–Kier alpha value is -2.08. The molecule has 1 N–H and O–H groups in total. The number of alkyl halides is 3. The van der Waals surface area contributed by atoms with E-state index in [0.29, 0.717) is 5.39 Å². The molecule has 2 aromatic carbocycles. The summed E-state index contributed by atoms with van der Waals surface area (Å²) in [6, 6.07) is 8.68. The van der Waals surface area contributed by atoms with E-state index in [1.54, 1.807) is 6.07 Å². The number of hydrogen-bond acceptors (Lipinski definition) is 2. The van der Waals surface area contributed by atoms with Crippen LogP contribution in [0.1, 0.15) is 44.4 Å². The van der Waals surface area contributed by atoms with Gasteiger partial charge in [-0.15, -0.1) is 0 Å². The summed E-state index contributed by atoms with van der Waals surface area (Å²) in [6.45, 7) is 5.99. The normalized spacial score (nSPS) is 17.8. The Morgan fingerprint density at radius 3 is 2.24 bits per heavy atom. The van der Waals surface area contributed by atoms with Gasteiger partial charge in [0.25, 0.3) is 0 Å². The van der Waals surface area contributed by atoms with Crippen LogP contribution in [0, 0.1) is 0 Å². The fourth-order valence-electron chi connectivity index (χ4n) is 3.43. The minimum atomic E-state index is -4.50. The average molecular weight is 350 g/mol. The average Bonchev–Trinajstić information content (AvgIpc) is 2.90. The van der Waals surface area contributed by atoms with Crippen molar-refractivity contribution in [1.82, 2.24) is 10.4 Å². The Bertz CT molecular complexity index is 803. The molecular weight excluding hydrogens is 329 g/mol. The standard InChI is InChI=1S/C19H21F3N2O/c1-18(2,3)14-9-5-7-12-6-4-8-13(16(12)14)17(19(20,21)22)24-11-10-15(25)23-24/h4-9,17H,10-11H2,1-3H3,(H,23,25). The summed E-state index contributed by atoms with van der Waals surface area (Å²) < 4.78 is 41.8. The SMILES string of the molecule is CC(C)(C)c1cccc2cccc(C(N3CCC(=O)N3)C(F)(F)F)c12. The van der Waals surface area contributed by atoms with Crippen molar-refractivity contribution >= 4 is 16.7 Å². The molecule has 3 rings (SSSR count). The van der Waals surface area contributed by atoms with Gasteiger partial charge in [0.05, 0.1) is 0 Å². The maximum absolute atomic E-state index is 13.9. The number of amides is 1. The maximum Gasteiger partial charge on any atom is 0.409 e. The van der Waals surface area contributed by atoms with Gasteiger partial charge in [-0.25, -0.2) is 5.01 Å². The molecule has 0 bridgehead atoms. The van der Waals surface area contributed by atoms with Gasteiger partial charge in [0.2, 0.25) is 5.91 Å². The van der Waals surface area contributed by atoms with E-state index in [1.165, 1.54) is 6.07 Å². The highest BCUT2D eigenvalue weighted by Gasteiger charge is 2.47. The Morgan fingerprint density at radius 2 is 1.72 bits per heavy atom. The molecule has 0 saturated carbocycles. The Morgan fingerprint density at radius 1 is 1.08 bits per heavy atom. The van der Waals surface area contributed by atoms with E-state index in [1.807, 2.05) is 45.0 Å². The first kappa shape index (κ1) is 17.7. The van der Waals surface area contributed by atoms with E-state index in [-0.39, 0.29) is 29.9 Å². The monoisotopic (exact) mass is 350 g/mol. The number of hydrogen-bond donors (Lipinski definition) is 1. The smallest absolute Gasteiger partial charge is 0.288 e. The highest BCUT2D eigenvalue weighted by molar-refractivity contribution is 5.90. The van der Waals surface area contributed by atoms with E-state index in [2.05, 4.69) is 5.43 Å². The number of carbonyl (C=O) groups excluding carboxylic acids is 1. The lowest BCUT2D eigenvalue weighted by atomic mass is 9.81. The van der Waals surface area contributed by atoms with E-state index < -0.39 is 12.2 Å². The molecule has 6 heteroatoms. The van der Waals surface area contributed by atoms with Crippen LogP contribution in [-0.2, 0) is 10.2 Å². The quantitative estimate of drug-likeness (QED) is 0.866. The molecule has 0 aromatic heterocycles. The fraction of sp³-hybridized carbons (Fsp3) is 0.421. The second-order valence-corrected chi connectivity index (χ2v) is 7.42. The van der Waals surface area contributed by atoms with Crippen molar-refractivity contribution in [2.75, 3.05) is 6.54 Å². The molecule has 2 aromatic rings. The molecule has 0 aliphatic carbocycles. The molecule has 1 amide bonds. The van der Waals surface area contributed by atoms with Gasteiger partial charge >= 0.3 is 6.18 Å². The van der Waals surface area contributed by atoms with Crippen LogP contribution >= 0.6 is 0 Å². The third-order valence-corrected chi connectivity index (χ3v) is 4.51. The van der Waals surface area contributed by atoms with Crippen molar-refractivity contribution in [3.63, 3.8) is 0 Å². The molecule has 134 valence electrons. The zero-order valence-electron chi connectivity index (χ0n) is 14.4. The first-order chi connectivity index (χ1) is 11.6. The largest absolute Gasteiger partial charge is 0.409 e. The number of nitrogens with zero attached hydrogens (tertiary/aromatic N) is 1. The van der Waals surface area contributed by atoms with Gasteiger partial charge in [0, 0.05) is 13.0 Å². The van der Waals surface area contributed by atoms with Crippen molar-refractivity contribution in [2.24, 2.45) is 0 Å². The summed E-state index contributed by atoms with van der Waals surface area (Å²) >= 11 is 0. The van der Waals surface area contributed by atoms with Crippen LogP contribution in [0.5, 0.6) is 0 Å². The van der Waals surface area contributed by atoms with Gasteiger partial charge in [0.1, 0.15) is 0 Å². The number of fused-ring (bicyclic) bond motifs is 1. The van der Waals surface area contributed by atoms with Gasteiger partial charge in [0.15, 0.2) is 6.04 Å². The molecule has 0 spiro atoms. The number of rotatable bonds is 2. The molecule has 1 fully saturated rings. The first-order valence-electron chi connectivity index (χ1n) is 8.24. The molecule has 1 aliphatic rings. The van der Waals surface area contributed by atoms with Crippen LogP contribution in [0.25, 0.3) is 10.8 Å². The second-order valence-electron chi connectivity index (χ2n) is 7.42. The minimum absolute atomic E-state index is 0.0388. The molecule has 1 heterocycles. The molecule has 0 radical (unpaired) electrons. The molecule has 25 heavy (non-hydrogen) atoms. The molecule has 1 unspecified atom stereocenters. The summed E-state index contributed by atoms with van der Waals surface area (Å²) in [5.41, 5.74) is 3.09. The summed E-state index contributed by atoms with van der Waals surface area (Å²) in [7, 11) is 0. The summed E-state index contributed by atoms with van der Waals surface area (Å²) in [6.07, 6.45) is -4.43. The number of benzene rings is 2. The third-order valence-electron chi connectivity index (χ3n) is 4.51. The Kier molecular flexibility index (Phi) is 4.27. The molecule has 1 aliphatic heterocycles. The Labute approximate surface area is 144 Å². The maximum atomic E-state index is 13.9. The lowest BCUT2D eigenvalue weighted by molar-refractivity contribution is -0.190. The van der Waals surface area contributed by atoms with Gasteiger partial charge in [-0.05, 0) is 27.3 Å². The van der Waals surface area contributed by atoms with Crippen molar-refractivity contribution in [3.05, 3.63) is 47.5 Å². The molecular formula is C19H21F3N2O. The predicted molar refractivity (Wildman–Crippen MR) is 90.9 cm³/mol. The number of nitrogens with one attached hydrogen (secondary N) is 1. The summed E-state index contributed by atoms with van der Waals surface area (Å²) in [5.74, 6) is -0.384. The van der Waals surface area contributed by atoms with Crippen LogP contribution in [-0.4, -0.2) is 23.6 Å². The number of carbonyl (C=O) groups is 1.